The highest BCUT2D eigenvalue weighted by Gasteiger charge is 2.30. The topological polar surface area (TPSA) is 49.4 Å². The number of nitrogens with one attached hydrogen (secondary N) is 1. The first kappa shape index (κ1) is 16.2. The molecule has 98 valence electrons. The number of sulfonamides is 1. The molecule has 16 heavy (non-hydrogen) atoms. The molecule has 0 aromatic heterocycles. The molecule has 0 spiro atoms. The molecule has 1 atom stereocenters. The Morgan fingerprint density at radius 1 is 1.44 bits per heavy atom. The Morgan fingerprint density at radius 2 is 2.12 bits per heavy atom. The average Bonchev–Trinajstić information content (AvgIpc) is 2.65. The fourth-order valence-electron chi connectivity index (χ4n) is 1.96. The molecule has 1 fully saturated rings. The van der Waals surface area contributed by atoms with Crippen LogP contribution in [0.15, 0.2) is 0 Å². The first-order chi connectivity index (χ1) is 7.10. The van der Waals surface area contributed by atoms with Gasteiger partial charge in [-0.05, 0) is 32.4 Å². The van der Waals surface area contributed by atoms with Gasteiger partial charge in [0, 0.05) is 13.1 Å². The zero-order chi connectivity index (χ0) is 11.3. The minimum Gasteiger partial charge on any atom is -0.319 e. The average molecular weight is 271 g/mol. The minimum absolute atomic E-state index is 0. The van der Waals surface area contributed by atoms with Crippen LogP contribution in [0.3, 0.4) is 0 Å². The van der Waals surface area contributed by atoms with E-state index in [0.717, 1.165) is 25.8 Å². The Labute approximate surface area is 105 Å². The van der Waals surface area contributed by atoms with Crippen molar-refractivity contribution in [3.8, 4) is 0 Å². The summed E-state index contributed by atoms with van der Waals surface area (Å²) in [5, 5.41) is 3.10. The summed E-state index contributed by atoms with van der Waals surface area (Å²) >= 11 is 0. The van der Waals surface area contributed by atoms with E-state index in [2.05, 4.69) is 5.32 Å². The van der Waals surface area contributed by atoms with E-state index in [0.29, 0.717) is 24.8 Å². The maximum absolute atomic E-state index is 11.8. The largest absolute Gasteiger partial charge is 0.319 e. The Balaban J connectivity index is 0.00000225. The number of hydrogen-bond donors (Lipinski definition) is 1. The number of rotatable bonds is 6. The molecule has 1 aliphatic rings. The van der Waals surface area contributed by atoms with Gasteiger partial charge in [-0.3, -0.25) is 0 Å². The number of nitrogens with zero attached hydrogens (tertiary/aromatic N) is 1. The van der Waals surface area contributed by atoms with Crippen LogP contribution in [0.4, 0.5) is 0 Å². The molecule has 1 saturated heterocycles. The molecule has 0 bridgehead atoms. The van der Waals surface area contributed by atoms with Gasteiger partial charge in [0.15, 0.2) is 0 Å². The van der Waals surface area contributed by atoms with Crippen LogP contribution < -0.4 is 5.32 Å². The van der Waals surface area contributed by atoms with E-state index < -0.39 is 10.0 Å². The second kappa shape index (κ2) is 7.48. The van der Waals surface area contributed by atoms with Crippen LogP contribution in [0.25, 0.3) is 0 Å². The number of unbranched alkanes of at least 4 members (excludes halogenated alkanes) is 1. The van der Waals surface area contributed by atoms with Crippen LogP contribution in [-0.4, -0.2) is 45.2 Å². The second-order valence-electron chi connectivity index (χ2n) is 4.24. The van der Waals surface area contributed by atoms with Crippen molar-refractivity contribution in [1.82, 2.24) is 9.62 Å². The standard InChI is InChI=1S/C10H22N2O2S.ClH/c1-3-4-7-15(13,14)12-6-5-10(9-12)8-11-2;/h10-11H,3-9H2,1-2H3;1H. The molecule has 0 radical (unpaired) electrons. The van der Waals surface area contributed by atoms with Gasteiger partial charge in [-0.2, -0.15) is 0 Å². The first-order valence-electron chi connectivity index (χ1n) is 5.72. The van der Waals surface area contributed by atoms with Crippen molar-refractivity contribution < 1.29 is 8.42 Å². The van der Waals surface area contributed by atoms with Crippen molar-refractivity contribution in [2.45, 2.75) is 26.2 Å². The molecule has 1 unspecified atom stereocenters. The predicted molar refractivity (Wildman–Crippen MR) is 69.5 cm³/mol. The third kappa shape index (κ3) is 4.57. The maximum Gasteiger partial charge on any atom is 0.214 e. The van der Waals surface area contributed by atoms with E-state index in [-0.39, 0.29) is 12.4 Å². The normalized spacial score (nSPS) is 22.0. The smallest absolute Gasteiger partial charge is 0.214 e. The van der Waals surface area contributed by atoms with Gasteiger partial charge in [0.25, 0.3) is 0 Å². The van der Waals surface area contributed by atoms with E-state index in [1.807, 2.05) is 14.0 Å². The fourth-order valence-corrected chi connectivity index (χ4v) is 3.69. The molecule has 1 aliphatic heterocycles. The number of halogens is 1. The summed E-state index contributed by atoms with van der Waals surface area (Å²) in [4.78, 5) is 0. The second-order valence-corrected chi connectivity index (χ2v) is 6.33. The van der Waals surface area contributed by atoms with Gasteiger partial charge in [-0.15, -0.1) is 12.4 Å². The van der Waals surface area contributed by atoms with E-state index in [4.69, 9.17) is 0 Å². The Bertz CT molecular complexity index is 283. The van der Waals surface area contributed by atoms with Crippen LogP contribution >= 0.6 is 12.4 Å². The highest BCUT2D eigenvalue weighted by Crippen LogP contribution is 2.19. The van der Waals surface area contributed by atoms with Gasteiger partial charge in [-0.25, -0.2) is 12.7 Å². The van der Waals surface area contributed by atoms with Crippen molar-refractivity contribution >= 4 is 22.4 Å². The molecule has 0 amide bonds. The molecule has 1 N–H and O–H groups in total. The zero-order valence-electron chi connectivity index (χ0n) is 10.1. The van der Waals surface area contributed by atoms with Gasteiger partial charge in [-0.1, -0.05) is 13.3 Å². The van der Waals surface area contributed by atoms with Crippen molar-refractivity contribution in [2.75, 3.05) is 32.4 Å². The van der Waals surface area contributed by atoms with Crippen molar-refractivity contribution in [3.63, 3.8) is 0 Å². The third-order valence-corrected chi connectivity index (χ3v) is 4.81. The van der Waals surface area contributed by atoms with Crippen LogP contribution in [0.5, 0.6) is 0 Å². The summed E-state index contributed by atoms with van der Waals surface area (Å²) in [6.45, 7) is 4.34. The van der Waals surface area contributed by atoms with Crippen LogP contribution in [-0.2, 0) is 10.0 Å². The lowest BCUT2D eigenvalue weighted by Gasteiger charge is -2.16. The van der Waals surface area contributed by atoms with E-state index in [9.17, 15) is 8.42 Å². The van der Waals surface area contributed by atoms with Gasteiger partial charge in [0.2, 0.25) is 10.0 Å². The lowest BCUT2D eigenvalue weighted by Crippen LogP contribution is -2.32. The zero-order valence-corrected chi connectivity index (χ0v) is 11.7. The van der Waals surface area contributed by atoms with Crippen molar-refractivity contribution in [3.05, 3.63) is 0 Å². The monoisotopic (exact) mass is 270 g/mol. The minimum atomic E-state index is -2.97. The van der Waals surface area contributed by atoms with Gasteiger partial charge < -0.3 is 5.32 Å². The van der Waals surface area contributed by atoms with Crippen LogP contribution in [0, 0.1) is 5.92 Å². The van der Waals surface area contributed by atoms with Gasteiger partial charge in [0.05, 0.1) is 5.75 Å². The van der Waals surface area contributed by atoms with Gasteiger partial charge in [0.1, 0.15) is 0 Å². The summed E-state index contributed by atoms with van der Waals surface area (Å²) in [5.74, 6) is 0.807. The van der Waals surface area contributed by atoms with Crippen LogP contribution in [0.1, 0.15) is 26.2 Å². The summed E-state index contributed by atoms with van der Waals surface area (Å²) in [5.41, 5.74) is 0. The predicted octanol–water partition coefficient (Wildman–Crippen LogP) is 1.08. The summed E-state index contributed by atoms with van der Waals surface area (Å²) in [6.07, 6.45) is 2.70. The molecule has 6 heteroatoms. The van der Waals surface area contributed by atoms with E-state index in [1.165, 1.54) is 0 Å². The Kier molecular flexibility index (Phi) is 7.55. The molecule has 0 aliphatic carbocycles. The summed E-state index contributed by atoms with van der Waals surface area (Å²) < 4.78 is 25.4. The molecular formula is C10H23ClN2O2S. The molecule has 0 saturated carbocycles. The molecule has 1 rings (SSSR count). The van der Waals surface area contributed by atoms with Crippen molar-refractivity contribution in [1.29, 1.82) is 0 Å². The van der Waals surface area contributed by atoms with Gasteiger partial charge >= 0.3 is 0 Å². The molecular weight excluding hydrogens is 248 g/mol. The first-order valence-corrected chi connectivity index (χ1v) is 7.33. The quantitative estimate of drug-likeness (QED) is 0.786. The molecule has 0 aromatic rings. The fraction of sp³-hybridized carbons (Fsp3) is 1.00. The highest BCUT2D eigenvalue weighted by atomic mass is 35.5. The SMILES string of the molecule is CCCCS(=O)(=O)N1CCC(CNC)C1.Cl. The highest BCUT2D eigenvalue weighted by molar-refractivity contribution is 7.89. The lowest BCUT2D eigenvalue weighted by atomic mass is 10.1. The molecule has 4 nitrogen and oxygen atoms in total. The number of hydrogen-bond acceptors (Lipinski definition) is 3. The summed E-state index contributed by atoms with van der Waals surface area (Å²) in [6, 6.07) is 0. The van der Waals surface area contributed by atoms with Crippen LogP contribution in [0.2, 0.25) is 0 Å². The molecule has 1 heterocycles. The lowest BCUT2D eigenvalue weighted by molar-refractivity contribution is 0.450. The third-order valence-electron chi connectivity index (χ3n) is 2.89. The summed E-state index contributed by atoms with van der Waals surface area (Å²) in [7, 11) is -1.06. The van der Waals surface area contributed by atoms with E-state index in [1.54, 1.807) is 4.31 Å². The molecule has 0 aromatic carbocycles. The Morgan fingerprint density at radius 3 is 2.69 bits per heavy atom. The van der Waals surface area contributed by atoms with Crippen molar-refractivity contribution in [2.24, 2.45) is 5.92 Å². The maximum atomic E-state index is 11.8. The van der Waals surface area contributed by atoms with E-state index >= 15 is 0 Å². The Hall–Kier alpha value is 0.160.